The number of rotatable bonds is 5. The molecule has 0 radical (unpaired) electrons. The van der Waals surface area contributed by atoms with Crippen molar-refractivity contribution in [3.8, 4) is 0 Å². The third-order valence-electron chi connectivity index (χ3n) is 3.65. The summed E-state index contributed by atoms with van der Waals surface area (Å²) in [6, 6.07) is -0.184. The molecule has 1 aromatic heterocycles. The maximum Gasteiger partial charge on any atom is 0.323 e. The van der Waals surface area contributed by atoms with Gasteiger partial charge in [-0.25, -0.2) is 9.78 Å². The van der Waals surface area contributed by atoms with Gasteiger partial charge in [0.05, 0.1) is 18.3 Å². The summed E-state index contributed by atoms with van der Waals surface area (Å²) >= 11 is 1.56. The van der Waals surface area contributed by atoms with Gasteiger partial charge in [-0.05, 0) is 25.7 Å². The van der Waals surface area contributed by atoms with Gasteiger partial charge in [-0.15, -0.1) is 11.3 Å². The molecule has 1 fully saturated rings. The summed E-state index contributed by atoms with van der Waals surface area (Å²) in [5.41, 5.74) is 1.11. The Morgan fingerprint density at radius 2 is 2.35 bits per heavy atom. The minimum absolute atomic E-state index is 0.0343. The van der Waals surface area contributed by atoms with E-state index in [9.17, 15) is 9.90 Å². The third-order valence-corrected chi connectivity index (χ3v) is 4.81. The first kappa shape index (κ1) is 15.3. The summed E-state index contributed by atoms with van der Waals surface area (Å²) < 4.78 is 0. The number of carbonyl (C=O) groups excluding carboxylic acids is 1. The molecule has 1 unspecified atom stereocenters. The molecule has 2 rings (SSSR count). The monoisotopic (exact) mass is 297 g/mol. The molecular formula is C14H23N3O2S. The van der Waals surface area contributed by atoms with Gasteiger partial charge in [-0.3, -0.25) is 5.32 Å². The fourth-order valence-electron chi connectivity index (χ4n) is 2.60. The van der Waals surface area contributed by atoms with E-state index in [-0.39, 0.29) is 18.7 Å². The van der Waals surface area contributed by atoms with Crippen LogP contribution in [0.2, 0.25) is 0 Å². The second-order valence-electron chi connectivity index (χ2n) is 5.09. The molecule has 0 saturated carbocycles. The predicted octanol–water partition coefficient (Wildman–Crippen LogP) is 2.65. The molecule has 2 N–H and O–H groups in total. The topological polar surface area (TPSA) is 65.5 Å². The molecule has 2 amide bonds. The molecule has 2 heterocycles. The van der Waals surface area contributed by atoms with Crippen molar-refractivity contribution in [3.63, 3.8) is 0 Å². The van der Waals surface area contributed by atoms with E-state index < -0.39 is 0 Å². The van der Waals surface area contributed by atoms with Crippen LogP contribution in [-0.2, 0) is 12.8 Å². The Bertz CT molecular complexity index is 461. The smallest absolute Gasteiger partial charge is 0.323 e. The van der Waals surface area contributed by atoms with Crippen LogP contribution in [0.3, 0.4) is 0 Å². The van der Waals surface area contributed by atoms with Crippen LogP contribution in [0, 0.1) is 0 Å². The molecule has 0 aliphatic carbocycles. The molecule has 6 heteroatoms. The number of amides is 2. The average molecular weight is 297 g/mol. The molecule has 20 heavy (non-hydrogen) atoms. The number of hydrogen-bond donors (Lipinski definition) is 2. The first-order valence-corrected chi connectivity index (χ1v) is 8.18. The van der Waals surface area contributed by atoms with E-state index in [2.05, 4.69) is 24.1 Å². The molecular weight excluding hydrogens is 274 g/mol. The highest BCUT2D eigenvalue weighted by Gasteiger charge is 2.28. The molecule has 1 atom stereocenters. The Labute approximate surface area is 124 Å². The van der Waals surface area contributed by atoms with Gasteiger partial charge in [0.2, 0.25) is 0 Å². The van der Waals surface area contributed by atoms with Gasteiger partial charge >= 0.3 is 6.03 Å². The number of thiazole rings is 1. The molecule has 1 aliphatic heterocycles. The summed E-state index contributed by atoms with van der Waals surface area (Å²) in [6.07, 6.45) is 4.80. The first-order valence-electron chi connectivity index (χ1n) is 7.36. The van der Waals surface area contributed by atoms with E-state index in [1.165, 1.54) is 4.88 Å². The van der Waals surface area contributed by atoms with Crippen molar-refractivity contribution in [3.05, 3.63) is 10.6 Å². The van der Waals surface area contributed by atoms with Crippen LogP contribution < -0.4 is 5.32 Å². The molecule has 5 nitrogen and oxygen atoms in total. The van der Waals surface area contributed by atoms with Crippen LogP contribution >= 0.6 is 11.3 Å². The van der Waals surface area contributed by atoms with E-state index in [0.717, 1.165) is 37.8 Å². The number of aliphatic hydroxyl groups excluding tert-OH is 1. The molecule has 112 valence electrons. The number of aryl methyl sites for hydroxylation is 2. The number of nitrogens with zero attached hydrogens (tertiary/aromatic N) is 2. The first-order chi connectivity index (χ1) is 9.69. The maximum atomic E-state index is 12.2. The minimum Gasteiger partial charge on any atom is -0.394 e. The van der Waals surface area contributed by atoms with Gasteiger partial charge in [0, 0.05) is 11.4 Å². The largest absolute Gasteiger partial charge is 0.394 e. The van der Waals surface area contributed by atoms with Gasteiger partial charge in [0.25, 0.3) is 0 Å². The number of aliphatic hydroxyl groups is 1. The zero-order valence-corrected chi connectivity index (χ0v) is 13.0. The van der Waals surface area contributed by atoms with Crippen LogP contribution in [0.4, 0.5) is 9.93 Å². The predicted molar refractivity (Wildman–Crippen MR) is 81.3 cm³/mol. The van der Waals surface area contributed by atoms with Crippen molar-refractivity contribution < 1.29 is 9.90 Å². The standard InChI is InChI=1S/C14H23N3O2S/c1-3-6-11-12(4-2)20-13(15-11)16-14(19)17-8-5-7-10(17)9-18/h10,18H,3-9H2,1-2H3,(H,15,16,19). The van der Waals surface area contributed by atoms with Gasteiger partial charge in [-0.1, -0.05) is 20.3 Å². The number of anilines is 1. The van der Waals surface area contributed by atoms with Crippen molar-refractivity contribution in [2.45, 2.75) is 52.0 Å². The lowest BCUT2D eigenvalue weighted by Gasteiger charge is -2.22. The molecule has 1 aliphatic rings. The Morgan fingerprint density at radius 3 is 3.00 bits per heavy atom. The van der Waals surface area contributed by atoms with E-state index in [1.54, 1.807) is 16.2 Å². The molecule has 1 aromatic rings. The molecule has 0 bridgehead atoms. The lowest BCUT2D eigenvalue weighted by atomic mass is 10.2. The number of urea groups is 1. The van der Waals surface area contributed by atoms with Crippen LogP contribution in [0.25, 0.3) is 0 Å². The summed E-state index contributed by atoms with van der Waals surface area (Å²) in [5.74, 6) is 0. The summed E-state index contributed by atoms with van der Waals surface area (Å²) in [7, 11) is 0. The quantitative estimate of drug-likeness (QED) is 0.878. The number of aromatic nitrogens is 1. The zero-order valence-electron chi connectivity index (χ0n) is 12.2. The average Bonchev–Trinajstić information content (AvgIpc) is 3.05. The number of likely N-dealkylation sites (tertiary alicyclic amines) is 1. The van der Waals surface area contributed by atoms with Gasteiger partial charge in [-0.2, -0.15) is 0 Å². The SMILES string of the molecule is CCCc1nc(NC(=O)N2CCCC2CO)sc1CC. The van der Waals surface area contributed by atoms with Crippen LogP contribution in [-0.4, -0.2) is 40.2 Å². The summed E-state index contributed by atoms with van der Waals surface area (Å²) in [4.78, 5) is 19.7. The van der Waals surface area contributed by atoms with Gasteiger partial charge in [0.15, 0.2) is 5.13 Å². The lowest BCUT2D eigenvalue weighted by molar-refractivity contribution is 0.166. The van der Waals surface area contributed by atoms with Crippen molar-refractivity contribution >= 4 is 22.5 Å². The lowest BCUT2D eigenvalue weighted by Crippen LogP contribution is -2.40. The second-order valence-corrected chi connectivity index (χ2v) is 6.18. The normalized spacial score (nSPS) is 18.6. The van der Waals surface area contributed by atoms with Crippen LogP contribution in [0.1, 0.15) is 43.7 Å². The van der Waals surface area contributed by atoms with Gasteiger partial charge in [0.1, 0.15) is 0 Å². The Kier molecular flexibility index (Phi) is 5.37. The Hall–Kier alpha value is -1.14. The third kappa shape index (κ3) is 3.30. The Balaban J connectivity index is 2.04. The van der Waals surface area contributed by atoms with E-state index in [4.69, 9.17) is 0 Å². The van der Waals surface area contributed by atoms with E-state index in [0.29, 0.717) is 11.7 Å². The highest BCUT2D eigenvalue weighted by atomic mass is 32.1. The molecule has 0 spiro atoms. The summed E-state index contributed by atoms with van der Waals surface area (Å²) in [5, 5.41) is 12.8. The second kappa shape index (κ2) is 7.04. The number of carbonyl (C=O) groups is 1. The Morgan fingerprint density at radius 1 is 1.55 bits per heavy atom. The van der Waals surface area contributed by atoms with Crippen molar-refractivity contribution in [2.24, 2.45) is 0 Å². The fourth-order valence-corrected chi connectivity index (χ4v) is 3.54. The number of nitrogens with one attached hydrogen (secondary N) is 1. The zero-order chi connectivity index (χ0) is 14.5. The minimum atomic E-state index is -0.138. The summed E-state index contributed by atoms with van der Waals surface area (Å²) in [6.45, 7) is 4.99. The maximum absolute atomic E-state index is 12.2. The van der Waals surface area contributed by atoms with Crippen LogP contribution in [0.5, 0.6) is 0 Å². The van der Waals surface area contributed by atoms with Crippen molar-refractivity contribution in [1.82, 2.24) is 9.88 Å². The van der Waals surface area contributed by atoms with E-state index >= 15 is 0 Å². The van der Waals surface area contributed by atoms with Gasteiger partial charge < -0.3 is 10.0 Å². The number of hydrogen-bond acceptors (Lipinski definition) is 4. The van der Waals surface area contributed by atoms with Crippen molar-refractivity contribution in [2.75, 3.05) is 18.5 Å². The highest BCUT2D eigenvalue weighted by Crippen LogP contribution is 2.26. The highest BCUT2D eigenvalue weighted by molar-refractivity contribution is 7.15. The molecule has 0 aromatic carbocycles. The van der Waals surface area contributed by atoms with Crippen LogP contribution in [0.15, 0.2) is 0 Å². The fraction of sp³-hybridized carbons (Fsp3) is 0.714. The van der Waals surface area contributed by atoms with E-state index in [1.807, 2.05) is 0 Å². The molecule has 1 saturated heterocycles. The van der Waals surface area contributed by atoms with Crippen molar-refractivity contribution in [1.29, 1.82) is 0 Å².